The van der Waals surface area contributed by atoms with Crippen molar-refractivity contribution in [3.05, 3.63) is 66.0 Å². The second kappa shape index (κ2) is 7.88. The number of carbonyl (C=O) groups excluding carboxylic acids is 2. The number of tetrazole rings is 1. The summed E-state index contributed by atoms with van der Waals surface area (Å²) >= 11 is 0. The van der Waals surface area contributed by atoms with Crippen LogP contribution in [0.1, 0.15) is 22.8 Å². The lowest BCUT2D eigenvalue weighted by atomic mass is 10.2. The molecule has 0 aliphatic carbocycles. The molecule has 27 heavy (non-hydrogen) atoms. The second-order valence-electron chi connectivity index (χ2n) is 5.53. The summed E-state index contributed by atoms with van der Waals surface area (Å²) in [5.74, 6) is -1.10. The predicted molar refractivity (Wildman–Crippen MR) is 93.8 cm³/mol. The summed E-state index contributed by atoms with van der Waals surface area (Å²) in [4.78, 5) is 24.4. The number of nitriles is 1. The highest BCUT2D eigenvalue weighted by Gasteiger charge is 2.19. The van der Waals surface area contributed by atoms with E-state index in [0.717, 1.165) is 0 Å². The fourth-order valence-corrected chi connectivity index (χ4v) is 2.18. The van der Waals surface area contributed by atoms with Crippen LogP contribution in [0.25, 0.3) is 5.69 Å². The van der Waals surface area contributed by atoms with Crippen molar-refractivity contribution in [2.75, 3.05) is 5.32 Å². The van der Waals surface area contributed by atoms with Crippen LogP contribution in [0, 0.1) is 11.3 Å². The summed E-state index contributed by atoms with van der Waals surface area (Å²) < 4.78 is 6.64. The molecule has 0 unspecified atom stereocenters. The van der Waals surface area contributed by atoms with Crippen molar-refractivity contribution in [1.29, 1.82) is 5.26 Å². The molecule has 1 amide bonds. The first kappa shape index (κ1) is 17.8. The van der Waals surface area contributed by atoms with Gasteiger partial charge in [-0.3, -0.25) is 4.79 Å². The number of nitrogens with one attached hydrogen (secondary N) is 1. The van der Waals surface area contributed by atoms with Gasteiger partial charge in [-0.2, -0.15) is 5.26 Å². The van der Waals surface area contributed by atoms with Crippen molar-refractivity contribution in [3.63, 3.8) is 0 Å². The minimum atomic E-state index is -0.993. The Balaban J connectivity index is 1.59. The van der Waals surface area contributed by atoms with Crippen LogP contribution in [0.4, 0.5) is 5.69 Å². The third kappa shape index (κ3) is 4.32. The highest BCUT2D eigenvalue weighted by Crippen LogP contribution is 2.12. The van der Waals surface area contributed by atoms with Crippen LogP contribution in [-0.2, 0) is 9.53 Å². The van der Waals surface area contributed by atoms with Crippen LogP contribution in [0.2, 0.25) is 0 Å². The number of anilines is 1. The molecular formula is C18H14N6O3. The van der Waals surface area contributed by atoms with Gasteiger partial charge in [0.1, 0.15) is 6.33 Å². The lowest BCUT2D eigenvalue weighted by Crippen LogP contribution is -2.30. The largest absolute Gasteiger partial charge is 0.449 e. The van der Waals surface area contributed by atoms with E-state index in [0.29, 0.717) is 22.5 Å². The summed E-state index contributed by atoms with van der Waals surface area (Å²) in [6, 6.07) is 14.8. The smallest absolute Gasteiger partial charge is 0.338 e. The number of benzene rings is 2. The fourth-order valence-electron chi connectivity index (χ4n) is 2.18. The van der Waals surface area contributed by atoms with Gasteiger partial charge in [0.2, 0.25) is 0 Å². The first-order valence-corrected chi connectivity index (χ1v) is 7.92. The average Bonchev–Trinajstić information content (AvgIpc) is 3.23. The molecule has 0 aliphatic heterocycles. The van der Waals surface area contributed by atoms with Crippen LogP contribution >= 0.6 is 0 Å². The summed E-state index contributed by atoms with van der Waals surface area (Å²) in [5.41, 5.74) is 1.97. The van der Waals surface area contributed by atoms with Gasteiger partial charge < -0.3 is 10.1 Å². The van der Waals surface area contributed by atoms with Crippen molar-refractivity contribution in [1.82, 2.24) is 20.2 Å². The number of amides is 1. The molecule has 1 aromatic heterocycles. The van der Waals surface area contributed by atoms with Crippen LogP contribution in [0.3, 0.4) is 0 Å². The first-order valence-electron chi connectivity index (χ1n) is 7.92. The Labute approximate surface area is 154 Å². The molecule has 0 bridgehead atoms. The van der Waals surface area contributed by atoms with E-state index < -0.39 is 18.0 Å². The maximum absolute atomic E-state index is 12.2. The quantitative estimate of drug-likeness (QED) is 0.685. The molecule has 1 heterocycles. The van der Waals surface area contributed by atoms with Crippen LogP contribution in [0.15, 0.2) is 54.9 Å². The van der Waals surface area contributed by atoms with Gasteiger partial charge in [-0.15, -0.1) is 5.10 Å². The fraction of sp³-hybridized carbons (Fsp3) is 0.111. The van der Waals surface area contributed by atoms with Gasteiger partial charge >= 0.3 is 5.97 Å². The van der Waals surface area contributed by atoms with Crippen molar-refractivity contribution in [2.45, 2.75) is 13.0 Å². The van der Waals surface area contributed by atoms with E-state index in [1.165, 1.54) is 17.9 Å². The van der Waals surface area contributed by atoms with Crippen molar-refractivity contribution >= 4 is 17.6 Å². The molecule has 3 rings (SSSR count). The van der Waals surface area contributed by atoms with E-state index in [-0.39, 0.29) is 0 Å². The van der Waals surface area contributed by atoms with Gasteiger partial charge in [-0.1, -0.05) is 0 Å². The van der Waals surface area contributed by atoms with E-state index in [9.17, 15) is 9.59 Å². The number of rotatable bonds is 5. The number of esters is 1. The third-order valence-corrected chi connectivity index (χ3v) is 3.65. The number of hydrogen-bond acceptors (Lipinski definition) is 7. The van der Waals surface area contributed by atoms with Gasteiger partial charge in [-0.05, 0) is 65.9 Å². The molecule has 1 atom stereocenters. The summed E-state index contributed by atoms with van der Waals surface area (Å²) in [7, 11) is 0. The second-order valence-corrected chi connectivity index (χ2v) is 5.53. The molecule has 0 saturated carbocycles. The number of nitrogens with zero attached hydrogens (tertiary/aromatic N) is 5. The zero-order valence-electron chi connectivity index (χ0n) is 14.2. The predicted octanol–water partition coefficient (Wildman–Crippen LogP) is 1.72. The summed E-state index contributed by atoms with van der Waals surface area (Å²) in [5, 5.41) is 22.2. The van der Waals surface area contributed by atoms with Crippen molar-refractivity contribution in [3.8, 4) is 11.8 Å². The number of aromatic nitrogens is 4. The third-order valence-electron chi connectivity index (χ3n) is 3.65. The van der Waals surface area contributed by atoms with E-state index in [1.807, 2.05) is 6.07 Å². The number of hydrogen-bond donors (Lipinski definition) is 1. The number of carbonyl (C=O) groups is 2. The molecule has 9 heteroatoms. The van der Waals surface area contributed by atoms with Crippen LogP contribution < -0.4 is 5.32 Å². The molecule has 0 saturated heterocycles. The zero-order valence-corrected chi connectivity index (χ0v) is 14.2. The van der Waals surface area contributed by atoms with Gasteiger partial charge in [0.15, 0.2) is 6.10 Å². The Morgan fingerprint density at radius 2 is 1.85 bits per heavy atom. The van der Waals surface area contributed by atoms with Crippen molar-refractivity contribution < 1.29 is 14.3 Å². The van der Waals surface area contributed by atoms with Crippen molar-refractivity contribution in [2.24, 2.45) is 0 Å². The molecule has 0 aliphatic rings. The average molecular weight is 362 g/mol. The lowest BCUT2D eigenvalue weighted by molar-refractivity contribution is -0.123. The Bertz CT molecular complexity index is 975. The maximum atomic E-state index is 12.2. The Kier molecular flexibility index (Phi) is 5.18. The lowest BCUT2D eigenvalue weighted by Gasteiger charge is -2.13. The topological polar surface area (TPSA) is 123 Å². The molecular weight excluding hydrogens is 348 g/mol. The minimum absolute atomic E-state index is 0.296. The Hall–Kier alpha value is -4.06. The highest BCUT2D eigenvalue weighted by molar-refractivity contribution is 5.97. The molecule has 1 N–H and O–H groups in total. The van der Waals surface area contributed by atoms with E-state index in [2.05, 4.69) is 20.8 Å². The molecule has 2 aromatic carbocycles. The van der Waals surface area contributed by atoms with E-state index >= 15 is 0 Å². The molecule has 9 nitrogen and oxygen atoms in total. The SMILES string of the molecule is C[C@@H](OC(=O)c1ccc(-n2cnnn2)cc1)C(=O)Nc1ccc(C#N)cc1. The van der Waals surface area contributed by atoms with E-state index in [4.69, 9.17) is 10.00 Å². The van der Waals surface area contributed by atoms with E-state index in [1.54, 1.807) is 48.5 Å². The van der Waals surface area contributed by atoms with Gasteiger partial charge in [0.05, 0.1) is 22.9 Å². The highest BCUT2D eigenvalue weighted by atomic mass is 16.5. The Morgan fingerprint density at radius 3 is 2.44 bits per heavy atom. The molecule has 0 radical (unpaired) electrons. The zero-order chi connectivity index (χ0) is 19.2. The molecule has 0 fully saturated rings. The maximum Gasteiger partial charge on any atom is 0.338 e. The summed E-state index contributed by atoms with van der Waals surface area (Å²) in [6.07, 6.45) is 0.440. The number of ether oxygens (including phenoxy) is 1. The van der Waals surface area contributed by atoms with Gasteiger partial charge in [0, 0.05) is 5.69 Å². The first-order chi connectivity index (χ1) is 13.1. The Morgan fingerprint density at radius 1 is 1.15 bits per heavy atom. The summed E-state index contributed by atoms with van der Waals surface area (Å²) in [6.45, 7) is 1.48. The minimum Gasteiger partial charge on any atom is -0.449 e. The van der Waals surface area contributed by atoms with Gasteiger partial charge in [-0.25, -0.2) is 9.48 Å². The monoisotopic (exact) mass is 362 g/mol. The van der Waals surface area contributed by atoms with Crippen LogP contribution in [-0.4, -0.2) is 38.2 Å². The van der Waals surface area contributed by atoms with Crippen LogP contribution in [0.5, 0.6) is 0 Å². The standard InChI is InChI=1S/C18H14N6O3/c1-12(17(25)21-15-6-2-13(10-19)3-7-15)27-18(26)14-4-8-16(9-5-14)24-11-20-22-23-24/h2-9,11-12H,1H3,(H,21,25)/t12-/m1/s1. The normalized spacial score (nSPS) is 11.3. The molecule has 134 valence electrons. The molecule has 3 aromatic rings. The van der Waals surface area contributed by atoms with Gasteiger partial charge in [0.25, 0.3) is 5.91 Å². The molecule has 0 spiro atoms.